The molecule has 21 heavy (non-hydrogen) atoms. The quantitative estimate of drug-likeness (QED) is 0.826. The van der Waals surface area contributed by atoms with Crippen LogP contribution in [0.2, 0.25) is 0 Å². The molecule has 0 saturated heterocycles. The molecule has 0 bridgehead atoms. The molecule has 2 aromatic rings. The van der Waals surface area contributed by atoms with E-state index in [2.05, 4.69) is 22.4 Å². The Kier molecular flexibility index (Phi) is 3.53. The molecule has 0 amide bonds. The minimum absolute atomic E-state index is 0.361. The van der Waals surface area contributed by atoms with Crippen LogP contribution in [0.25, 0.3) is 11.4 Å². The van der Waals surface area contributed by atoms with Gasteiger partial charge in [0.15, 0.2) is 5.82 Å². The summed E-state index contributed by atoms with van der Waals surface area (Å²) in [6.45, 7) is 5.59. The molecule has 0 unspecified atom stereocenters. The SMILES string of the molecule is CCOc1cccc(N)c1-c1nnnn1CC1(CC)CC1. The van der Waals surface area contributed by atoms with Gasteiger partial charge in [0.25, 0.3) is 0 Å². The number of hydrogen-bond acceptors (Lipinski definition) is 5. The van der Waals surface area contributed by atoms with Crippen molar-refractivity contribution >= 4 is 5.69 Å². The maximum atomic E-state index is 6.13. The van der Waals surface area contributed by atoms with Gasteiger partial charge in [0.2, 0.25) is 0 Å². The monoisotopic (exact) mass is 287 g/mol. The molecule has 1 aromatic carbocycles. The van der Waals surface area contributed by atoms with Crippen LogP contribution < -0.4 is 10.5 Å². The number of hydrogen-bond donors (Lipinski definition) is 1. The van der Waals surface area contributed by atoms with E-state index in [0.717, 1.165) is 24.3 Å². The molecule has 0 aliphatic heterocycles. The van der Waals surface area contributed by atoms with Crippen molar-refractivity contribution in [3.8, 4) is 17.1 Å². The largest absolute Gasteiger partial charge is 0.493 e. The van der Waals surface area contributed by atoms with E-state index >= 15 is 0 Å². The highest BCUT2D eigenvalue weighted by Crippen LogP contribution is 2.50. The van der Waals surface area contributed by atoms with E-state index in [9.17, 15) is 0 Å². The van der Waals surface area contributed by atoms with Crippen LogP contribution in [0.5, 0.6) is 5.75 Å². The Hall–Kier alpha value is -2.11. The van der Waals surface area contributed by atoms with Gasteiger partial charge in [-0.15, -0.1) is 5.10 Å². The number of nitrogens with two attached hydrogens (primary N) is 1. The van der Waals surface area contributed by atoms with Gasteiger partial charge in [-0.3, -0.25) is 0 Å². The van der Waals surface area contributed by atoms with Crippen LogP contribution >= 0.6 is 0 Å². The van der Waals surface area contributed by atoms with E-state index in [-0.39, 0.29) is 0 Å². The fourth-order valence-corrected chi connectivity index (χ4v) is 2.67. The van der Waals surface area contributed by atoms with Gasteiger partial charge in [-0.1, -0.05) is 13.0 Å². The number of rotatable bonds is 6. The van der Waals surface area contributed by atoms with Gasteiger partial charge in [-0.25, -0.2) is 4.68 Å². The van der Waals surface area contributed by atoms with Gasteiger partial charge in [0.1, 0.15) is 5.75 Å². The third kappa shape index (κ3) is 2.57. The zero-order chi connectivity index (χ0) is 14.9. The summed E-state index contributed by atoms with van der Waals surface area (Å²) >= 11 is 0. The van der Waals surface area contributed by atoms with E-state index in [1.54, 1.807) is 0 Å². The molecule has 1 aromatic heterocycles. The lowest BCUT2D eigenvalue weighted by Crippen LogP contribution is -2.14. The molecular formula is C15H21N5O. The average Bonchev–Trinajstić information content (AvgIpc) is 3.11. The Balaban J connectivity index is 2.00. The van der Waals surface area contributed by atoms with Crippen molar-refractivity contribution in [2.45, 2.75) is 39.7 Å². The van der Waals surface area contributed by atoms with Crippen LogP contribution in [-0.4, -0.2) is 26.8 Å². The summed E-state index contributed by atoms with van der Waals surface area (Å²) in [5.41, 5.74) is 7.92. The number of anilines is 1. The van der Waals surface area contributed by atoms with Crippen LogP contribution in [0.1, 0.15) is 33.1 Å². The highest BCUT2D eigenvalue weighted by molar-refractivity contribution is 5.77. The maximum Gasteiger partial charge on any atom is 0.187 e. The molecule has 1 heterocycles. The summed E-state index contributed by atoms with van der Waals surface area (Å²) in [4.78, 5) is 0. The number of nitrogen functional groups attached to an aromatic ring is 1. The Bertz CT molecular complexity index is 633. The van der Waals surface area contributed by atoms with E-state index < -0.39 is 0 Å². The second-order valence-electron chi connectivity index (χ2n) is 5.67. The zero-order valence-electron chi connectivity index (χ0n) is 12.5. The van der Waals surface area contributed by atoms with Crippen molar-refractivity contribution in [2.75, 3.05) is 12.3 Å². The van der Waals surface area contributed by atoms with Crippen molar-refractivity contribution in [1.29, 1.82) is 0 Å². The molecule has 1 aliphatic carbocycles. The smallest absolute Gasteiger partial charge is 0.187 e. The number of nitrogens with zero attached hydrogens (tertiary/aromatic N) is 4. The van der Waals surface area contributed by atoms with E-state index in [4.69, 9.17) is 10.5 Å². The third-order valence-electron chi connectivity index (χ3n) is 4.31. The first-order chi connectivity index (χ1) is 10.2. The maximum absolute atomic E-state index is 6.13. The lowest BCUT2D eigenvalue weighted by Gasteiger charge is -2.15. The number of ether oxygens (including phenoxy) is 1. The van der Waals surface area contributed by atoms with E-state index in [0.29, 0.717) is 23.5 Å². The van der Waals surface area contributed by atoms with E-state index in [1.165, 1.54) is 12.8 Å². The average molecular weight is 287 g/mol. The summed E-state index contributed by atoms with van der Waals surface area (Å²) < 4.78 is 7.55. The summed E-state index contributed by atoms with van der Waals surface area (Å²) in [7, 11) is 0. The predicted octanol–water partition coefficient (Wildman–Crippen LogP) is 2.51. The molecule has 6 nitrogen and oxygen atoms in total. The fraction of sp³-hybridized carbons (Fsp3) is 0.533. The summed E-state index contributed by atoms with van der Waals surface area (Å²) in [5, 5.41) is 12.2. The summed E-state index contributed by atoms with van der Waals surface area (Å²) in [5.74, 6) is 1.42. The third-order valence-corrected chi connectivity index (χ3v) is 4.31. The first-order valence-electron chi connectivity index (χ1n) is 7.47. The van der Waals surface area contributed by atoms with Crippen molar-refractivity contribution in [3.05, 3.63) is 18.2 Å². The molecule has 0 atom stereocenters. The number of tetrazole rings is 1. The van der Waals surface area contributed by atoms with Crippen LogP contribution in [-0.2, 0) is 6.54 Å². The normalized spacial score (nSPS) is 15.9. The molecule has 6 heteroatoms. The molecular weight excluding hydrogens is 266 g/mol. The van der Waals surface area contributed by atoms with Crippen LogP contribution in [0.3, 0.4) is 0 Å². The predicted molar refractivity (Wildman–Crippen MR) is 80.8 cm³/mol. The van der Waals surface area contributed by atoms with Gasteiger partial charge < -0.3 is 10.5 Å². The standard InChI is InChI=1S/C15H21N5O/c1-3-15(8-9-15)10-20-14(17-18-19-20)13-11(16)6-5-7-12(13)21-4-2/h5-7H,3-4,8-10,16H2,1-2H3. The minimum Gasteiger partial charge on any atom is -0.493 e. The molecule has 1 aliphatic rings. The zero-order valence-corrected chi connectivity index (χ0v) is 12.5. The lowest BCUT2D eigenvalue weighted by atomic mass is 10.0. The number of benzene rings is 1. The molecule has 3 rings (SSSR count). The first kappa shape index (κ1) is 13.9. The molecule has 1 fully saturated rings. The van der Waals surface area contributed by atoms with Crippen molar-refractivity contribution in [1.82, 2.24) is 20.2 Å². The Morgan fingerprint density at radius 1 is 1.33 bits per heavy atom. The van der Waals surface area contributed by atoms with Gasteiger partial charge in [0, 0.05) is 5.69 Å². The van der Waals surface area contributed by atoms with Gasteiger partial charge in [-0.2, -0.15) is 0 Å². The lowest BCUT2D eigenvalue weighted by molar-refractivity contribution is 0.340. The van der Waals surface area contributed by atoms with Crippen LogP contribution in [0, 0.1) is 5.41 Å². The molecule has 1 saturated carbocycles. The van der Waals surface area contributed by atoms with Gasteiger partial charge in [-0.05, 0) is 54.2 Å². The molecule has 0 radical (unpaired) electrons. The topological polar surface area (TPSA) is 78.8 Å². The Morgan fingerprint density at radius 2 is 2.14 bits per heavy atom. The summed E-state index contributed by atoms with van der Waals surface area (Å²) in [6.07, 6.45) is 3.63. The van der Waals surface area contributed by atoms with Crippen LogP contribution in [0.4, 0.5) is 5.69 Å². The van der Waals surface area contributed by atoms with Crippen LogP contribution in [0.15, 0.2) is 18.2 Å². The van der Waals surface area contributed by atoms with E-state index in [1.807, 2.05) is 29.8 Å². The second kappa shape index (κ2) is 5.35. The molecule has 0 spiro atoms. The summed E-state index contributed by atoms with van der Waals surface area (Å²) in [6, 6.07) is 5.64. The fourth-order valence-electron chi connectivity index (χ4n) is 2.67. The number of aromatic nitrogens is 4. The Labute approximate surface area is 124 Å². The highest BCUT2D eigenvalue weighted by Gasteiger charge is 2.42. The van der Waals surface area contributed by atoms with Crippen molar-refractivity contribution in [3.63, 3.8) is 0 Å². The minimum atomic E-state index is 0.361. The Morgan fingerprint density at radius 3 is 2.81 bits per heavy atom. The molecule has 112 valence electrons. The highest BCUT2D eigenvalue weighted by atomic mass is 16.5. The van der Waals surface area contributed by atoms with Crippen molar-refractivity contribution < 1.29 is 4.74 Å². The first-order valence-corrected chi connectivity index (χ1v) is 7.47. The van der Waals surface area contributed by atoms with Crippen molar-refractivity contribution in [2.24, 2.45) is 5.41 Å². The second-order valence-corrected chi connectivity index (χ2v) is 5.67. The molecule has 2 N–H and O–H groups in total. The van der Waals surface area contributed by atoms with Gasteiger partial charge >= 0.3 is 0 Å². The van der Waals surface area contributed by atoms with Gasteiger partial charge in [0.05, 0.1) is 18.7 Å².